The Labute approximate surface area is 169 Å². The van der Waals surface area contributed by atoms with Gasteiger partial charge >= 0.3 is 0 Å². The minimum absolute atomic E-state index is 0.0739. The van der Waals surface area contributed by atoms with E-state index in [4.69, 9.17) is 4.74 Å². The lowest BCUT2D eigenvalue weighted by Crippen LogP contribution is -2.15. The third-order valence-electron chi connectivity index (χ3n) is 4.52. The van der Waals surface area contributed by atoms with E-state index in [1.807, 2.05) is 61.0 Å². The van der Waals surface area contributed by atoms with Gasteiger partial charge in [-0.15, -0.1) is 10.2 Å². The molecule has 0 saturated carbocycles. The third kappa shape index (κ3) is 4.92. The summed E-state index contributed by atoms with van der Waals surface area (Å²) in [7, 11) is 1.88. The predicted molar refractivity (Wildman–Crippen MR) is 112 cm³/mol. The van der Waals surface area contributed by atoms with Crippen molar-refractivity contribution in [3.63, 3.8) is 0 Å². The van der Waals surface area contributed by atoms with Gasteiger partial charge in [0.25, 0.3) is 0 Å². The summed E-state index contributed by atoms with van der Waals surface area (Å²) in [6.45, 7) is 6.41. The molecule has 7 heteroatoms. The maximum atomic E-state index is 12.2. The van der Waals surface area contributed by atoms with Crippen molar-refractivity contribution in [2.24, 2.45) is 7.05 Å². The number of hydrogen-bond acceptors (Lipinski definition) is 5. The van der Waals surface area contributed by atoms with Crippen LogP contribution in [0.15, 0.2) is 47.6 Å². The highest BCUT2D eigenvalue weighted by atomic mass is 32.2. The molecular formula is C21H24N4O2S. The van der Waals surface area contributed by atoms with Crippen LogP contribution >= 0.6 is 11.8 Å². The second-order valence-electron chi connectivity index (χ2n) is 6.64. The first-order valence-electron chi connectivity index (χ1n) is 9.00. The molecule has 2 aromatic carbocycles. The topological polar surface area (TPSA) is 69.0 Å². The molecule has 1 amide bonds. The normalized spacial score (nSPS) is 10.7. The average Bonchev–Trinajstić information content (AvgIpc) is 3.03. The fourth-order valence-electron chi connectivity index (χ4n) is 2.58. The molecule has 1 heterocycles. The van der Waals surface area contributed by atoms with E-state index in [0.29, 0.717) is 17.6 Å². The Balaban J connectivity index is 1.54. The smallest absolute Gasteiger partial charge is 0.234 e. The highest BCUT2D eigenvalue weighted by molar-refractivity contribution is 7.99. The van der Waals surface area contributed by atoms with Crippen LogP contribution in [0.2, 0.25) is 0 Å². The number of amides is 1. The summed E-state index contributed by atoms with van der Waals surface area (Å²) in [5.74, 6) is 1.70. The number of nitrogens with zero attached hydrogens (tertiary/aromatic N) is 3. The maximum Gasteiger partial charge on any atom is 0.234 e. The summed E-state index contributed by atoms with van der Waals surface area (Å²) in [5.41, 5.74) is 4.28. The van der Waals surface area contributed by atoms with Gasteiger partial charge in [-0.1, -0.05) is 36.0 Å². The third-order valence-corrected chi connectivity index (χ3v) is 5.54. The monoisotopic (exact) mass is 396 g/mol. The highest BCUT2D eigenvalue weighted by Crippen LogP contribution is 2.20. The highest BCUT2D eigenvalue weighted by Gasteiger charge is 2.13. The van der Waals surface area contributed by atoms with Crippen LogP contribution in [0.25, 0.3) is 0 Å². The summed E-state index contributed by atoms with van der Waals surface area (Å²) in [6, 6.07) is 13.7. The van der Waals surface area contributed by atoms with E-state index < -0.39 is 0 Å². The Bertz CT molecular complexity index is 984. The minimum Gasteiger partial charge on any atom is -0.486 e. The van der Waals surface area contributed by atoms with Gasteiger partial charge in [0.15, 0.2) is 11.0 Å². The molecule has 0 bridgehead atoms. The van der Waals surface area contributed by atoms with Crippen LogP contribution in [0, 0.1) is 20.8 Å². The number of nitrogens with one attached hydrogen (secondary N) is 1. The number of thioether (sulfide) groups is 1. The van der Waals surface area contributed by atoms with E-state index in [1.54, 1.807) is 0 Å². The van der Waals surface area contributed by atoms with E-state index >= 15 is 0 Å². The fraction of sp³-hybridized carbons (Fsp3) is 0.286. The number of anilines is 1. The van der Waals surface area contributed by atoms with Crippen molar-refractivity contribution in [2.45, 2.75) is 32.5 Å². The molecule has 6 nitrogen and oxygen atoms in total. The molecule has 0 aliphatic carbocycles. The van der Waals surface area contributed by atoms with Crippen LogP contribution in [-0.4, -0.2) is 26.4 Å². The number of hydrogen-bond donors (Lipinski definition) is 1. The van der Waals surface area contributed by atoms with Crippen molar-refractivity contribution in [3.8, 4) is 5.75 Å². The Kier molecular flexibility index (Phi) is 6.36. The molecule has 0 aliphatic rings. The molecule has 28 heavy (non-hydrogen) atoms. The minimum atomic E-state index is -0.0739. The van der Waals surface area contributed by atoms with E-state index in [-0.39, 0.29) is 11.7 Å². The zero-order valence-electron chi connectivity index (χ0n) is 16.5. The summed E-state index contributed by atoms with van der Waals surface area (Å²) < 4.78 is 7.68. The van der Waals surface area contributed by atoms with Gasteiger partial charge < -0.3 is 14.6 Å². The lowest BCUT2D eigenvalue weighted by atomic mass is 10.1. The largest absolute Gasteiger partial charge is 0.486 e. The Morgan fingerprint density at radius 2 is 1.86 bits per heavy atom. The average molecular weight is 397 g/mol. The first-order chi connectivity index (χ1) is 13.4. The molecule has 0 spiro atoms. The van der Waals surface area contributed by atoms with Crippen LogP contribution < -0.4 is 10.1 Å². The SMILES string of the molecule is Cc1ccc(OCc2nnc(SCC(=O)Nc3ccccc3C)n2C)cc1C. The van der Waals surface area contributed by atoms with Gasteiger partial charge in [-0.3, -0.25) is 4.79 Å². The van der Waals surface area contributed by atoms with Crippen molar-refractivity contribution in [1.82, 2.24) is 14.8 Å². The molecule has 0 unspecified atom stereocenters. The molecule has 1 aromatic heterocycles. The second kappa shape index (κ2) is 8.93. The van der Waals surface area contributed by atoms with E-state index in [0.717, 1.165) is 17.0 Å². The molecule has 0 aliphatic heterocycles. The van der Waals surface area contributed by atoms with E-state index in [9.17, 15) is 4.79 Å². The van der Waals surface area contributed by atoms with Crippen molar-refractivity contribution < 1.29 is 9.53 Å². The lowest BCUT2D eigenvalue weighted by molar-refractivity contribution is -0.113. The zero-order chi connectivity index (χ0) is 20.1. The second-order valence-corrected chi connectivity index (χ2v) is 7.59. The number of carbonyl (C=O) groups excluding carboxylic acids is 1. The number of rotatable bonds is 7. The van der Waals surface area contributed by atoms with E-state index in [1.165, 1.54) is 22.9 Å². The molecule has 0 radical (unpaired) electrons. The Hall–Kier alpha value is -2.80. The summed E-state index contributed by atoms with van der Waals surface area (Å²) in [6.07, 6.45) is 0. The van der Waals surface area contributed by atoms with Crippen LogP contribution in [0.5, 0.6) is 5.75 Å². The van der Waals surface area contributed by atoms with Crippen molar-refractivity contribution in [1.29, 1.82) is 0 Å². The molecule has 0 atom stereocenters. The number of ether oxygens (including phenoxy) is 1. The van der Waals surface area contributed by atoms with Crippen LogP contribution in [0.3, 0.4) is 0 Å². The van der Waals surface area contributed by atoms with Crippen molar-refractivity contribution in [2.75, 3.05) is 11.1 Å². The number of aryl methyl sites for hydroxylation is 3. The van der Waals surface area contributed by atoms with Gasteiger partial charge in [-0.05, 0) is 55.7 Å². The summed E-state index contributed by atoms with van der Waals surface area (Å²) in [5, 5.41) is 12.0. The molecule has 146 valence electrons. The first kappa shape index (κ1) is 19.9. The molecule has 0 saturated heterocycles. The zero-order valence-corrected chi connectivity index (χ0v) is 17.3. The van der Waals surface area contributed by atoms with Gasteiger partial charge in [-0.25, -0.2) is 0 Å². The van der Waals surface area contributed by atoms with Gasteiger partial charge in [0.2, 0.25) is 5.91 Å². The number of para-hydroxylation sites is 1. The fourth-order valence-corrected chi connectivity index (χ4v) is 3.31. The lowest BCUT2D eigenvalue weighted by Gasteiger charge is -2.09. The van der Waals surface area contributed by atoms with Crippen LogP contribution in [-0.2, 0) is 18.4 Å². The van der Waals surface area contributed by atoms with Crippen LogP contribution in [0.1, 0.15) is 22.5 Å². The molecule has 3 aromatic rings. The van der Waals surface area contributed by atoms with Gasteiger partial charge in [0.05, 0.1) is 5.75 Å². The number of benzene rings is 2. The molecule has 0 fully saturated rings. The van der Waals surface area contributed by atoms with Crippen LogP contribution in [0.4, 0.5) is 5.69 Å². The van der Waals surface area contributed by atoms with Gasteiger partial charge in [-0.2, -0.15) is 0 Å². The van der Waals surface area contributed by atoms with E-state index in [2.05, 4.69) is 29.4 Å². The van der Waals surface area contributed by atoms with Crippen molar-refractivity contribution >= 4 is 23.4 Å². The summed E-state index contributed by atoms with van der Waals surface area (Å²) in [4.78, 5) is 12.2. The maximum absolute atomic E-state index is 12.2. The number of aromatic nitrogens is 3. The molecule has 1 N–H and O–H groups in total. The molecule has 3 rings (SSSR count). The van der Waals surface area contributed by atoms with Crippen molar-refractivity contribution in [3.05, 3.63) is 65.0 Å². The number of carbonyl (C=O) groups is 1. The Morgan fingerprint density at radius 3 is 2.61 bits per heavy atom. The Morgan fingerprint density at radius 1 is 1.07 bits per heavy atom. The standard InChI is InChI=1S/C21H24N4O2S/c1-14-9-10-17(11-16(14)3)27-12-19-23-24-21(25(19)4)28-13-20(26)22-18-8-6-5-7-15(18)2/h5-11H,12-13H2,1-4H3,(H,22,26). The van der Waals surface area contributed by atoms with Gasteiger partial charge in [0, 0.05) is 12.7 Å². The molecular weight excluding hydrogens is 372 g/mol. The quantitative estimate of drug-likeness (QED) is 0.610. The first-order valence-corrected chi connectivity index (χ1v) is 9.99. The van der Waals surface area contributed by atoms with Gasteiger partial charge in [0.1, 0.15) is 12.4 Å². The predicted octanol–water partition coefficient (Wildman–Crippen LogP) is 4.05. The summed E-state index contributed by atoms with van der Waals surface area (Å²) >= 11 is 1.35.